The van der Waals surface area contributed by atoms with Crippen LogP contribution in [0.1, 0.15) is 6.92 Å². The third kappa shape index (κ3) is 4.42. The number of aliphatic carboxylic acids is 1. The zero-order valence-corrected chi connectivity index (χ0v) is 7.11. The highest BCUT2D eigenvalue weighted by Gasteiger charge is 2.28. The van der Waals surface area contributed by atoms with Gasteiger partial charge in [0.2, 0.25) is 0 Å². The van der Waals surface area contributed by atoms with Gasteiger partial charge in [-0.1, -0.05) is 0 Å². The Kier molecular flexibility index (Phi) is 3.37. The van der Waals surface area contributed by atoms with Crippen molar-refractivity contribution in [3.63, 3.8) is 0 Å². The van der Waals surface area contributed by atoms with E-state index in [1.807, 2.05) is 0 Å². The van der Waals surface area contributed by atoms with E-state index in [2.05, 4.69) is 4.52 Å². The van der Waals surface area contributed by atoms with Crippen LogP contribution in [0.3, 0.4) is 0 Å². The quantitative estimate of drug-likeness (QED) is 0.480. The summed E-state index contributed by atoms with van der Waals surface area (Å²) in [6.45, 7) is 0.164. The maximum atomic E-state index is 10.2. The molecule has 72 valence electrons. The summed E-state index contributed by atoms with van der Waals surface area (Å²) in [6.07, 6.45) is 0. The number of rotatable bonds is 4. The van der Waals surface area contributed by atoms with Crippen LogP contribution in [-0.2, 0) is 13.9 Å². The Labute approximate surface area is 68.4 Å². The van der Waals surface area contributed by atoms with Crippen molar-refractivity contribution in [1.29, 1.82) is 0 Å². The van der Waals surface area contributed by atoms with E-state index in [4.69, 9.17) is 10.8 Å². The lowest BCUT2D eigenvalue weighted by atomic mass is 10.1. The lowest BCUT2D eigenvalue weighted by Crippen LogP contribution is -2.49. The first kappa shape index (κ1) is 11.5. The Hall–Kier alpha value is -0.460. The molecule has 0 aliphatic rings. The van der Waals surface area contributed by atoms with Gasteiger partial charge in [-0.3, -0.25) is 4.79 Å². The van der Waals surface area contributed by atoms with Gasteiger partial charge in [0.25, 0.3) is 0 Å². The second kappa shape index (κ2) is 3.51. The number of phosphoric ester groups is 1. The third-order valence-corrected chi connectivity index (χ3v) is 1.46. The minimum absolute atomic E-state index is 0.868. The number of phosphoric acid groups is 1. The number of carbonyl (C=O) groups is 1. The Morgan fingerprint density at radius 2 is 2.17 bits per heavy atom. The van der Waals surface area contributed by atoms with Gasteiger partial charge in [-0.25, -0.2) is 0 Å². The Bertz CT molecular complexity index is 220. The first-order valence-electron chi connectivity index (χ1n) is 2.84. The monoisotopic (exact) mass is 197 g/mol. The van der Waals surface area contributed by atoms with Gasteiger partial charge in [0.05, 0.1) is 14.4 Å². The molecule has 0 aromatic heterocycles. The first-order chi connectivity index (χ1) is 5.15. The van der Waals surface area contributed by atoms with Crippen LogP contribution in [-0.4, -0.2) is 23.2 Å². The number of hydrogen-bond donors (Lipinski definition) is 2. The van der Waals surface area contributed by atoms with E-state index in [-0.39, 0.29) is 0 Å². The van der Waals surface area contributed by atoms with E-state index in [1.165, 1.54) is 0 Å². The Morgan fingerprint density at radius 3 is 2.42 bits per heavy atom. The van der Waals surface area contributed by atoms with Crippen LogP contribution >= 0.6 is 7.82 Å². The van der Waals surface area contributed by atoms with Crippen molar-refractivity contribution in [2.24, 2.45) is 5.73 Å². The maximum Gasteiger partial charge on any atom is 0.325 e. The van der Waals surface area contributed by atoms with Crippen LogP contribution in [0.4, 0.5) is 0 Å². The lowest BCUT2D eigenvalue weighted by Gasteiger charge is -2.31. The molecule has 0 amide bonds. The predicted molar refractivity (Wildman–Crippen MR) is 33.8 cm³/mol. The van der Waals surface area contributed by atoms with Crippen LogP contribution in [0.25, 0.3) is 0 Å². The number of nitrogens with two attached hydrogens (primary N) is 1. The largest absolute Gasteiger partial charge is 0.790 e. The van der Waals surface area contributed by atoms with Crippen molar-refractivity contribution in [1.82, 2.24) is 0 Å². The maximum absolute atomic E-state index is 10.2. The normalized spacial score (nSPS) is 17.0. The second-order valence-electron chi connectivity index (χ2n) is 2.44. The molecule has 0 aliphatic heterocycles. The van der Waals surface area contributed by atoms with Gasteiger partial charge in [0.15, 0.2) is 0 Å². The van der Waals surface area contributed by atoms with Crippen molar-refractivity contribution in [3.05, 3.63) is 0 Å². The SMILES string of the molecule is C[C@](N)(COP(=O)([O-])[O-])C(=O)O. The zero-order valence-electron chi connectivity index (χ0n) is 6.22. The van der Waals surface area contributed by atoms with E-state index in [1.54, 1.807) is 0 Å². The molecule has 12 heavy (non-hydrogen) atoms. The van der Waals surface area contributed by atoms with Crippen molar-refractivity contribution < 1.29 is 28.8 Å². The fourth-order valence-corrected chi connectivity index (χ4v) is 0.701. The topological polar surface area (TPSA) is 136 Å². The number of hydrogen-bond acceptors (Lipinski definition) is 6. The molecule has 0 rings (SSSR count). The second-order valence-corrected chi connectivity index (χ2v) is 3.60. The van der Waals surface area contributed by atoms with E-state index >= 15 is 0 Å². The molecule has 0 fully saturated rings. The summed E-state index contributed by atoms with van der Waals surface area (Å²) in [5, 5.41) is 8.34. The molecule has 3 N–H and O–H groups in total. The molecule has 0 spiro atoms. The number of carboxylic acid groups (broad SMARTS) is 1. The van der Waals surface area contributed by atoms with Gasteiger partial charge in [-0.2, -0.15) is 0 Å². The molecule has 0 bridgehead atoms. The standard InChI is InChI=1S/C4H10NO6P/c1-4(5,3(6)7)2-11-12(8,9)10/h2,5H2,1H3,(H,6,7)(H2,8,9,10)/p-2/t4-/m0/s1. The molecule has 0 aromatic rings. The molecule has 0 unspecified atom stereocenters. The zero-order chi connectivity index (χ0) is 9.99. The molecule has 0 heterocycles. The van der Waals surface area contributed by atoms with Crippen molar-refractivity contribution in [2.75, 3.05) is 6.61 Å². The average molecular weight is 197 g/mol. The summed E-state index contributed by atoms with van der Waals surface area (Å²) in [6, 6.07) is 0. The minimum atomic E-state index is -5.15. The fourth-order valence-electron chi connectivity index (χ4n) is 0.275. The van der Waals surface area contributed by atoms with Gasteiger partial charge in [-0.15, -0.1) is 0 Å². The summed E-state index contributed by atoms with van der Waals surface area (Å²) in [4.78, 5) is 30.0. The molecule has 0 saturated carbocycles. The van der Waals surface area contributed by atoms with E-state index < -0.39 is 25.9 Å². The third-order valence-electron chi connectivity index (χ3n) is 1.01. The van der Waals surface area contributed by atoms with Crippen molar-refractivity contribution >= 4 is 13.8 Å². The summed E-state index contributed by atoms with van der Waals surface area (Å²) in [5.74, 6) is -1.45. The summed E-state index contributed by atoms with van der Waals surface area (Å²) in [7, 11) is -5.15. The molecule has 0 radical (unpaired) electrons. The van der Waals surface area contributed by atoms with Gasteiger partial charge in [0.1, 0.15) is 5.54 Å². The van der Waals surface area contributed by atoms with E-state index in [0.717, 1.165) is 6.92 Å². The van der Waals surface area contributed by atoms with Crippen molar-refractivity contribution in [3.8, 4) is 0 Å². The summed E-state index contributed by atoms with van der Waals surface area (Å²) >= 11 is 0. The van der Waals surface area contributed by atoms with Crippen molar-refractivity contribution in [2.45, 2.75) is 12.5 Å². The molecule has 0 aliphatic carbocycles. The average Bonchev–Trinajstić information content (AvgIpc) is 1.82. The molecule has 7 nitrogen and oxygen atoms in total. The van der Waals surface area contributed by atoms with Crippen LogP contribution < -0.4 is 15.5 Å². The van der Waals surface area contributed by atoms with Gasteiger partial charge in [0, 0.05) is 0 Å². The Balaban J connectivity index is 4.10. The van der Waals surface area contributed by atoms with E-state index in [0.29, 0.717) is 0 Å². The van der Waals surface area contributed by atoms with Gasteiger partial charge >= 0.3 is 5.97 Å². The first-order valence-corrected chi connectivity index (χ1v) is 4.30. The smallest absolute Gasteiger partial charge is 0.325 e. The highest BCUT2D eigenvalue weighted by molar-refractivity contribution is 7.43. The van der Waals surface area contributed by atoms with Crippen LogP contribution in [0.15, 0.2) is 0 Å². The molecule has 0 aromatic carbocycles. The Morgan fingerprint density at radius 1 is 1.75 bits per heavy atom. The highest BCUT2D eigenvalue weighted by Crippen LogP contribution is 2.25. The van der Waals surface area contributed by atoms with E-state index in [9.17, 15) is 19.1 Å². The van der Waals surface area contributed by atoms with Gasteiger partial charge < -0.3 is 29.7 Å². The van der Waals surface area contributed by atoms with Crippen LogP contribution in [0, 0.1) is 0 Å². The lowest BCUT2D eigenvalue weighted by molar-refractivity contribution is -0.342. The fraction of sp³-hybridized carbons (Fsp3) is 0.750. The molecular formula is C4H8NO6P-2. The highest BCUT2D eigenvalue weighted by atomic mass is 31.2. The van der Waals surface area contributed by atoms with Crippen LogP contribution in [0.2, 0.25) is 0 Å². The predicted octanol–water partition coefficient (Wildman–Crippen LogP) is -2.37. The molecule has 8 heteroatoms. The molecule has 0 saturated heterocycles. The summed E-state index contributed by atoms with van der Waals surface area (Å²) < 4.78 is 13.6. The van der Waals surface area contributed by atoms with Gasteiger partial charge in [-0.05, 0) is 6.92 Å². The number of carboxylic acids is 1. The minimum Gasteiger partial charge on any atom is -0.790 e. The molecule has 1 atom stereocenters. The van der Waals surface area contributed by atoms with Crippen LogP contribution in [0.5, 0.6) is 0 Å². The summed E-state index contributed by atoms with van der Waals surface area (Å²) in [5.41, 5.74) is 3.17. The molecular weight excluding hydrogens is 189 g/mol.